The smallest absolute Gasteiger partial charge is 0.0800 e. The summed E-state index contributed by atoms with van der Waals surface area (Å²) >= 11 is 0. The first-order valence-corrected chi connectivity index (χ1v) is 5.19. The van der Waals surface area contributed by atoms with Crippen molar-refractivity contribution in [2.45, 2.75) is 44.1 Å². The van der Waals surface area contributed by atoms with E-state index in [1.165, 1.54) is 32.1 Å². The van der Waals surface area contributed by atoms with Crippen LogP contribution >= 0.6 is 0 Å². The first kappa shape index (κ1) is 8.52. The summed E-state index contributed by atoms with van der Waals surface area (Å²) in [4.78, 5) is 0. The molecular formula is C10H19NO. The Morgan fingerprint density at radius 3 is 2.75 bits per heavy atom. The van der Waals surface area contributed by atoms with Crippen LogP contribution in [0, 0.1) is 11.8 Å². The Morgan fingerprint density at radius 2 is 2.00 bits per heavy atom. The lowest BCUT2D eigenvalue weighted by molar-refractivity contribution is -0.0108. The number of nitrogens with two attached hydrogens (primary N) is 1. The largest absolute Gasteiger partial charge is 0.388 e. The van der Waals surface area contributed by atoms with Gasteiger partial charge in [0.2, 0.25) is 0 Å². The van der Waals surface area contributed by atoms with Crippen molar-refractivity contribution < 1.29 is 5.11 Å². The molecule has 3 atom stereocenters. The Balaban J connectivity index is 2.10. The van der Waals surface area contributed by atoms with Crippen LogP contribution in [-0.4, -0.2) is 17.3 Å². The van der Waals surface area contributed by atoms with Gasteiger partial charge in [-0.3, -0.25) is 0 Å². The van der Waals surface area contributed by atoms with Gasteiger partial charge in [0.25, 0.3) is 0 Å². The molecule has 0 saturated heterocycles. The molecule has 2 aliphatic rings. The van der Waals surface area contributed by atoms with Crippen LogP contribution in [0.5, 0.6) is 0 Å². The zero-order valence-electron chi connectivity index (χ0n) is 7.63. The van der Waals surface area contributed by atoms with Crippen LogP contribution in [0.3, 0.4) is 0 Å². The highest BCUT2D eigenvalue weighted by atomic mass is 16.3. The molecule has 12 heavy (non-hydrogen) atoms. The molecule has 0 heterocycles. The first-order chi connectivity index (χ1) is 5.76. The molecule has 70 valence electrons. The van der Waals surface area contributed by atoms with Gasteiger partial charge < -0.3 is 10.8 Å². The summed E-state index contributed by atoms with van der Waals surface area (Å²) in [5, 5.41) is 10.2. The molecule has 2 aliphatic carbocycles. The summed E-state index contributed by atoms with van der Waals surface area (Å²) in [6.45, 7) is 0.466. The number of aliphatic hydroxyl groups is 1. The van der Waals surface area contributed by atoms with Gasteiger partial charge >= 0.3 is 0 Å². The van der Waals surface area contributed by atoms with Gasteiger partial charge in [-0.25, -0.2) is 0 Å². The topological polar surface area (TPSA) is 46.2 Å². The lowest BCUT2D eigenvalue weighted by atomic mass is 9.76. The summed E-state index contributed by atoms with van der Waals surface area (Å²) in [5.41, 5.74) is 5.13. The van der Waals surface area contributed by atoms with Gasteiger partial charge in [-0.1, -0.05) is 19.3 Å². The maximum Gasteiger partial charge on any atom is 0.0800 e. The van der Waals surface area contributed by atoms with Gasteiger partial charge in [0.15, 0.2) is 0 Å². The van der Waals surface area contributed by atoms with Crippen molar-refractivity contribution in [1.82, 2.24) is 0 Å². The highest BCUT2D eigenvalue weighted by Crippen LogP contribution is 2.47. The lowest BCUT2D eigenvalue weighted by Gasteiger charge is -2.34. The normalized spacial score (nSPS) is 47.5. The second-order valence-corrected chi connectivity index (χ2v) is 4.50. The summed E-state index contributed by atoms with van der Waals surface area (Å²) in [6.07, 6.45) is 7.34. The van der Waals surface area contributed by atoms with Crippen LogP contribution in [0.25, 0.3) is 0 Å². The quantitative estimate of drug-likeness (QED) is 0.621. The maximum absolute atomic E-state index is 10.2. The highest BCUT2D eigenvalue weighted by Gasteiger charge is 2.46. The Labute approximate surface area is 74.1 Å². The van der Waals surface area contributed by atoms with Crippen molar-refractivity contribution in [2.75, 3.05) is 6.54 Å². The summed E-state index contributed by atoms with van der Waals surface area (Å²) in [5.74, 6) is 1.31. The Bertz CT molecular complexity index is 171. The van der Waals surface area contributed by atoms with E-state index in [0.29, 0.717) is 12.5 Å². The zero-order chi connectivity index (χ0) is 8.60. The Morgan fingerprint density at radius 1 is 1.25 bits per heavy atom. The molecule has 2 saturated carbocycles. The fraction of sp³-hybridized carbons (Fsp3) is 1.00. The van der Waals surface area contributed by atoms with Crippen LogP contribution in [0.1, 0.15) is 38.5 Å². The number of hydrogen-bond acceptors (Lipinski definition) is 2. The Hall–Kier alpha value is -0.0800. The van der Waals surface area contributed by atoms with E-state index < -0.39 is 5.60 Å². The molecule has 3 unspecified atom stereocenters. The van der Waals surface area contributed by atoms with E-state index in [0.717, 1.165) is 12.3 Å². The summed E-state index contributed by atoms with van der Waals surface area (Å²) in [6, 6.07) is 0. The molecule has 0 aromatic heterocycles. The van der Waals surface area contributed by atoms with Gasteiger partial charge in [0, 0.05) is 6.54 Å². The van der Waals surface area contributed by atoms with Crippen molar-refractivity contribution in [3.8, 4) is 0 Å². The van der Waals surface area contributed by atoms with Gasteiger partial charge in [-0.05, 0) is 31.1 Å². The van der Waals surface area contributed by atoms with E-state index >= 15 is 0 Å². The minimum Gasteiger partial charge on any atom is -0.388 e. The summed E-state index contributed by atoms with van der Waals surface area (Å²) in [7, 11) is 0. The fourth-order valence-electron chi connectivity index (χ4n) is 3.13. The molecular weight excluding hydrogens is 150 g/mol. The van der Waals surface area contributed by atoms with Gasteiger partial charge in [0.05, 0.1) is 5.60 Å². The molecule has 2 nitrogen and oxygen atoms in total. The first-order valence-electron chi connectivity index (χ1n) is 5.19. The Kier molecular flexibility index (Phi) is 2.13. The third kappa shape index (κ3) is 1.17. The average molecular weight is 169 g/mol. The highest BCUT2D eigenvalue weighted by molar-refractivity contribution is 4.99. The monoisotopic (exact) mass is 169 g/mol. The van der Waals surface area contributed by atoms with E-state index in [2.05, 4.69) is 0 Å². The van der Waals surface area contributed by atoms with E-state index in [1.54, 1.807) is 0 Å². The second-order valence-electron chi connectivity index (χ2n) is 4.50. The van der Waals surface area contributed by atoms with E-state index in [4.69, 9.17) is 5.73 Å². The zero-order valence-corrected chi connectivity index (χ0v) is 7.63. The van der Waals surface area contributed by atoms with Crippen LogP contribution < -0.4 is 5.73 Å². The molecule has 2 fully saturated rings. The fourth-order valence-corrected chi connectivity index (χ4v) is 3.13. The number of fused-ring (bicyclic) bond motifs is 1. The SMILES string of the molecule is NCC1(O)CCC2CCCCC21. The molecule has 2 rings (SSSR count). The van der Waals surface area contributed by atoms with Crippen LogP contribution in [-0.2, 0) is 0 Å². The van der Waals surface area contributed by atoms with Crippen molar-refractivity contribution >= 4 is 0 Å². The molecule has 2 heteroatoms. The molecule has 0 aliphatic heterocycles. The van der Waals surface area contributed by atoms with Crippen molar-refractivity contribution in [2.24, 2.45) is 17.6 Å². The van der Waals surface area contributed by atoms with Gasteiger partial charge in [-0.15, -0.1) is 0 Å². The lowest BCUT2D eigenvalue weighted by Crippen LogP contribution is -2.43. The second kappa shape index (κ2) is 3.00. The predicted octanol–water partition coefficient (Wildman–Crippen LogP) is 1.28. The minimum absolute atomic E-state index is 0.466. The number of hydrogen-bond donors (Lipinski definition) is 2. The van der Waals surface area contributed by atoms with Crippen LogP contribution in [0.2, 0.25) is 0 Å². The third-order valence-corrected chi connectivity index (χ3v) is 3.90. The third-order valence-electron chi connectivity index (χ3n) is 3.90. The molecule has 0 aromatic carbocycles. The average Bonchev–Trinajstić information content (AvgIpc) is 2.46. The van der Waals surface area contributed by atoms with Crippen molar-refractivity contribution in [1.29, 1.82) is 0 Å². The molecule has 0 aromatic rings. The van der Waals surface area contributed by atoms with Crippen molar-refractivity contribution in [3.63, 3.8) is 0 Å². The molecule has 0 radical (unpaired) electrons. The van der Waals surface area contributed by atoms with E-state index in [1.807, 2.05) is 0 Å². The van der Waals surface area contributed by atoms with Crippen LogP contribution in [0.4, 0.5) is 0 Å². The number of rotatable bonds is 1. The van der Waals surface area contributed by atoms with Crippen LogP contribution in [0.15, 0.2) is 0 Å². The summed E-state index contributed by atoms with van der Waals surface area (Å²) < 4.78 is 0. The van der Waals surface area contributed by atoms with E-state index in [-0.39, 0.29) is 0 Å². The molecule has 0 amide bonds. The standard InChI is InChI=1S/C10H19NO/c11-7-10(12)6-5-8-3-1-2-4-9(8)10/h8-9,12H,1-7,11H2. The van der Waals surface area contributed by atoms with Crippen molar-refractivity contribution in [3.05, 3.63) is 0 Å². The molecule has 0 bridgehead atoms. The van der Waals surface area contributed by atoms with E-state index in [9.17, 15) is 5.11 Å². The van der Waals surface area contributed by atoms with Gasteiger partial charge in [0.1, 0.15) is 0 Å². The molecule has 0 spiro atoms. The maximum atomic E-state index is 10.2. The molecule has 3 N–H and O–H groups in total. The minimum atomic E-state index is -0.495. The van der Waals surface area contributed by atoms with Gasteiger partial charge in [-0.2, -0.15) is 0 Å². The predicted molar refractivity (Wildman–Crippen MR) is 48.7 cm³/mol.